The lowest BCUT2D eigenvalue weighted by Crippen LogP contribution is -2.29. The molecule has 0 aromatic rings. The summed E-state index contributed by atoms with van der Waals surface area (Å²) < 4.78 is 22.6. The second kappa shape index (κ2) is 20.7. The van der Waals surface area contributed by atoms with Gasteiger partial charge >= 0.3 is 0 Å². The van der Waals surface area contributed by atoms with Crippen molar-refractivity contribution in [3.63, 3.8) is 0 Å². The molecule has 0 N–H and O–H groups in total. The molecular formula is C23H47O3P. The molecule has 0 radical (unpaired) electrons. The highest BCUT2D eigenvalue weighted by atomic mass is 31.1. The van der Waals surface area contributed by atoms with Crippen molar-refractivity contribution in [2.45, 2.75) is 135 Å². The minimum absolute atomic E-state index is 0.0456. The number of ether oxygens (including phenoxy) is 2. The summed E-state index contributed by atoms with van der Waals surface area (Å²) in [5, 5.41) is 0. The largest absolute Gasteiger partial charge is 0.341 e. The van der Waals surface area contributed by atoms with E-state index in [2.05, 4.69) is 6.92 Å². The molecule has 0 atom stereocenters. The Hall–Kier alpha value is 0.0200. The van der Waals surface area contributed by atoms with E-state index in [4.69, 9.17) is 9.47 Å². The van der Waals surface area contributed by atoms with Crippen LogP contribution in [0.3, 0.4) is 0 Å². The lowest BCUT2D eigenvalue weighted by atomic mass is 10.0. The quantitative estimate of drug-likeness (QED) is 0.103. The van der Waals surface area contributed by atoms with Crippen molar-refractivity contribution in [1.82, 2.24) is 0 Å². The van der Waals surface area contributed by atoms with Crippen LogP contribution in [0, 0.1) is 0 Å². The van der Waals surface area contributed by atoms with Crippen LogP contribution in [0.2, 0.25) is 0 Å². The Bertz CT molecular complexity index is 304. The van der Waals surface area contributed by atoms with Crippen molar-refractivity contribution < 1.29 is 14.0 Å². The third-order valence-electron chi connectivity index (χ3n) is 5.23. The maximum Gasteiger partial charge on any atom is 0.251 e. The van der Waals surface area contributed by atoms with Crippen molar-refractivity contribution in [2.24, 2.45) is 0 Å². The van der Waals surface area contributed by atoms with Crippen LogP contribution in [0.25, 0.3) is 0 Å². The van der Waals surface area contributed by atoms with E-state index in [0.29, 0.717) is 13.2 Å². The Balaban J connectivity index is 3.38. The van der Waals surface area contributed by atoms with Crippen LogP contribution in [0.1, 0.15) is 130 Å². The molecule has 4 heteroatoms. The molecule has 0 saturated heterocycles. The summed E-state index contributed by atoms with van der Waals surface area (Å²) in [4.78, 5) is 0. The van der Waals surface area contributed by atoms with E-state index in [9.17, 15) is 4.57 Å². The van der Waals surface area contributed by atoms with Gasteiger partial charge in [-0.3, -0.25) is 4.57 Å². The molecule has 0 aliphatic heterocycles. The molecular weight excluding hydrogens is 355 g/mol. The Morgan fingerprint density at radius 2 is 0.889 bits per heavy atom. The van der Waals surface area contributed by atoms with Crippen LogP contribution >= 0.6 is 8.46 Å². The Morgan fingerprint density at radius 1 is 0.556 bits per heavy atom. The molecule has 27 heavy (non-hydrogen) atoms. The predicted octanol–water partition coefficient (Wildman–Crippen LogP) is 8.66. The van der Waals surface area contributed by atoms with Gasteiger partial charge in [0.15, 0.2) is 0 Å². The third kappa shape index (κ3) is 16.7. The smallest absolute Gasteiger partial charge is 0.251 e. The zero-order chi connectivity index (χ0) is 20.1. The average molecular weight is 403 g/mol. The fourth-order valence-electron chi connectivity index (χ4n) is 3.63. The summed E-state index contributed by atoms with van der Waals surface area (Å²) in [6.07, 6.45) is 22.5. The van der Waals surface area contributed by atoms with E-state index in [1.165, 1.54) is 96.3 Å². The average Bonchev–Trinajstić information content (AvgIpc) is 2.68. The fourth-order valence-corrected chi connectivity index (χ4v) is 4.24. The first kappa shape index (κ1) is 27.0. The van der Waals surface area contributed by atoms with Gasteiger partial charge in [-0.25, -0.2) is 0 Å². The highest BCUT2D eigenvalue weighted by Gasteiger charge is 2.31. The second-order valence-electron chi connectivity index (χ2n) is 7.72. The second-order valence-corrected chi connectivity index (χ2v) is 8.59. The SMILES string of the molecule is CCCCCCCCCCCCCCCCCCC(OCC)(OCC)P=O. The molecule has 0 unspecified atom stereocenters. The van der Waals surface area contributed by atoms with Crippen LogP contribution in [-0.4, -0.2) is 18.7 Å². The van der Waals surface area contributed by atoms with Crippen molar-refractivity contribution in [3.05, 3.63) is 0 Å². The van der Waals surface area contributed by atoms with Crippen molar-refractivity contribution in [3.8, 4) is 0 Å². The summed E-state index contributed by atoms with van der Waals surface area (Å²) in [6.45, 7) is 7.20. The van der Waals surface area contributed by atoms with Gasteiger partial charge in [0.1, 0.15) is 0 Å². The summed E-state index contributed by atoms with van der Waals surface area (Å²) in [6, 6.07) is 0. The minimum Gasteiger partial charge on any atom is -0.341 e. The summed E-state index contributed by atoms with van der Waals surface area (Å²) >= 11 is 0. The minimum atomic E-state index is -0.903. The van der Waals surface area contributed by atoms with E-state index < -0.39 is 5.53 Å². The molecule has 0 aromatic heterocycles. The number of rotatable bonds is 22. The molecule has 0 aliphatic rings. The van der Waals surface area contributed by atoms with Crippen molar-refractivity contribution >= 4 is 8.46 Å². The molecule has 0 fully saturated rings. The molecule has 0 bridgehead atoms. The van der Waals surface area contributed by atoms with E-state index in [1.54, 1.807) is 0 Å². The maximum absolute atomic E-state index is 11.4. The van der Waals surface area contributed by atoms with Gasteiger partial charge < -0.3 is 9.47 Å². The zero-order valence-electron chi connectivity index (χ0n) is 18.6. The van der Waals surface area contributed by atoms with Crippen LogP contribution in [0.5, 0.6) is 0 Å². The van der Waals surface area contributed by atoms with Gasteiger partial charge in [-0.15, -0.1) is 0 Å². The molecule has 0 rings (SSSR count). The Labute approximate surface area is 171 Å². The molecule has 162 valence electrons. The van der Waals surface area contributed by atoms with Gasteiger partial charge in [0.25, 0.3) is 5.53 Å². The van der Waals surface area contributed by atoms with Crippen LogP contribution < -0.4 is 0 Å². The molecule has 0 amide bonds. The van der Waals surface area contributed by atoms with Gasteiger partial charge in [-0.05, 0) is 20.3 Å². The topological polar surface area (TPSA) is 35.5 Å². The summed E-state index contributed by atoms with van der Waals surface area (Å²) in [5.74, 6) is 0. The number of unbranched alkanes of at least 4 members (excludes halogenated alkanes) is 15. The Kier molecular flexibility index (Phi) is 20.8. The number of hydrogen-bond donors (Lipinski definition) is 0. The molecule has 0 aliphatic carbocycles. The van der Waals surface area contributed by atoms with Crippen LogP contribution in [0.15, 0.2) is 0 Å². The summed E-state index contributed by atoms with van der Waals surface area (Å²) in [7, 11) is -0.0456. The number of hydrogen-bond acceptors (Lipinski definition) is 3. The fraction of sp³-hybridized carbons (Fsp3) is 1.00. The predicted molar refractivity (Wildman–Crippen MR) is 118 cm³/mol. The summed E-state index contributed by atoms with van der Waals surface area (Å²) in [5.41, 5.74) is -0.903. The van der Waals surface area contributed by atoms with E-state index >= 15 is 0 Å². The lowest BCUT2D eigenvalue weighted by molar-refractivity contribution is -0.174. The van der Waals surface area contributed by atoms with E-state index in [0.717, 1.165) is 12.8 Å². The maximum atomic E-state index is 11.4. The lowest BCUT2D eigenvalue weighted by Gasteiger charge is -2.26. The monoisotopic (exact) mass is 402 g/mol. The molecule has 0 aromatic carbocycles. The highest BCUT2D eigenvalue weighted by Crippen LogP contribution is 2.32. The van der Waals surface area contributed by atoms with Gasteiger partial charge in [0.05, 0.1) is 0 Å². The first-order valence-electron chi connectivity index (χ1n) is 11.9. The third-order valence-corrected chi connectivity index (χ3v) is 5.99. The molecule has 0 saturated carbocycles. The van der Waals surface area contributed by atoms with E-state index in [-0.39, 0.29) is 8.46 Å². The van der Waals surface area contributed by atoms with Gasteiger partial charge in [0.2, 0.25) is 8.46 Å². The van der Waals surface area contributed by atoms with Gasteiger partial charge in [-0.1, -0.05) is 103 Å². The van der Waals surface area contributed by atoms with Crippen molar-refractivity contribution in [2.75, 3.05) is 13.2 Å². The highest BCUT2D eigenvalue weighted by molar-refractivity contribution is 7.25. The Morgan fingerprint density at radius 3 is 1.19 bits per heavy atom. The molecule has 0 spiro atoms. The molecule has 3 nitrogen and oxygen atoms in total. The van der Waals surface area contributed by atoms with Crippen molar-refractivity contribution in [1.29, 1.82) is 0 Å². The van der Waals surface area contributed by atoms with Gasteiger partial charge in [-0.2, -0.15) is 0 Å². The normalized spacial score (nSPS) is 12.1. The van der Waals surface area contributed by atoms with Crippen LogP contribution in [0.4, 0.5) is 0 Å². The van der Waals surface area contributed by atoms with Crippen LogP contribution in [-0.2, 0) is 14.0 Å². The standard InChI is InChI=1S/C23H47O3P/c1-4-7-8-9-10-11-12-13-14-15-16-17-18-19-20-21-22-23(27-24,25-5-2)26-6-3/h4-22H2,1-3H3. The zero-order valence-corrected chi connectivity index (χ0v) is 19.5. The van der Waals surface area contributed by atoms with E-state index in [1.807, 2.05) is 13.8 Å². The first-order chi connectivity index (χ1) is 13.2. The molecule has 0 heterocycles. The first-order valence-corrected chi connectivity index (χ1v) is 12.7. The van der Waals surface area contributed by atoms with Gasteiger partial charge in [0, 0.05) is 19.6 Å².